The van der Waals surface area contributed by atoms with Crippen molar-refractivity contribution in [2.75, 3.05) is 0 Å². The van der Waals surface area contributed by atoms with Gasteiger partial charge in [0.05, 0.1) is 33.9 Å². The number of nitriles is 1. The van der Waals surface area contributed by atoms with Crippen LogP contribution in [0, 0.1) is 11.3 Å². The molecule has 0 fully saturated rings. The first-order chi connectivity index (χ1) is 25.8. The highest BCUT2D eigenvalue weighted by Gasteiger charge is 2.25. The molecule has 52 heavy (non-hydrogen) atoms. The maximum absolute atomic E-state index is 9.89. The van der Waals surface area contributed by atoms with Crippen molar-refractivity contribution in [2.24, 2.45) is 0 Å². The second-order valence-corrected chi connectivity index (χ2v) is 14.4. The smallest absolute Gasteiger partial charge is 0.0991 e. The van der Waals surface area contributed by atoms with Crippen LogP contribution in [-0.4, -0.2) is 9.55 Å². The predicted octanol–water partition coefficient (Wildman–Crippen LogP) is 13.2. The van der Waals surface area contributed by atoms with E-state index in [4.69, 9.17) is 4.98 Å². The van der Waals surface area contributed by atoms with Gasteiger partial charge < -0.3 is 4.57 Å². The summed E-state index contributed by atoms with van der Waals surface area (Å²) < 4.78 is 3.53. The summed E-state index contributed by atoms with van der Waals surface area (Å²) in [7, 11) is 0. The molecule has 0 radical (unpaired) electrons. The Bertz CT molecular complexity index is 3190. The first-order valence-corrected chi connectivity index (χ1v) is 18.3. The fourth-order valence-corrected chi connectivity index (χ4v) is 9.66. The van der Waals surface area contributed by atoms with Crippen molar-refractivity contribution in [3.05, 3.63) is 169 Å². The van der Waals surface area contributed by atoms with Crippen LogP contribution >= 0.6 is 11.3 Å². The molecule has 2 aliphatic rings. The maximum Gasteiger partial charge on any atom is 0.0991 e. The highest BCUT2D eigenvalue weighted by atomic mass is 32.1. The van der Waals surface area contributed by atoms with Crippen molar-refractivity contribution in [2.45, 2.75) is 0 Å². The zero-order chi connectivity index (χ0) is 34.3. The molecule has 0 saturated heterocycles. The maximum atomic E-state index is 9.89. The van der Waals surface area contributed by atoms with Gasteiger partial charge in [-0.1, -0.05) is 109 Å². The SMILES string of the molecule is N#Cc1ccc2c(c1)c1cc(-c3c4ccccc4c(-c4sc5ccccc5c5nc6ccccc6c4-5)c4ccccc34)ccc1n2-c1ccccc1. The van der Waals surface area contributed by atoms with Gasteiger partial charge in [0.25, 0.3) is 0 Å². The molecule has 0 saturated carbocycles. The molecule has 0 aliphatic carbocycles. The van der Waals surface area contributed by atoms with Gasteiger partial charge in [-0.25, -0.2) is 4.98 Å². The van der Waals surface area contributed by atoms with Crippen molar-refractivity contribution in [3.63, 3.8) is 0 Å². The van der Waals surface area contributed by atoms with E-state index >= 15 is 0 Å². The van der Waals surface area contributed by atoms with Crippen LogP contribution in [0.15, 0.2) is 164 Å². The number of hydrogen-bond acceptors (Lipinski definition) is 3. The molecule has 8 aromatic carbocycles. The normalized spacial score (nSPS) is 11.8. The molecule has 4 heteroatoms. The van der Waals surface area contributed by atoms with Crippen molar-refractivity contribution >= 4 is 75.7 Å². The summed E-state index contributed by atoms with van der Waals surface area (Å²) in [5, 5.41) is 19.3. The summed E-state index contributed by atoms with van der Waals surface area (Å²) in [5.74, 6) is 0. The number of para-hydroxylation sites is 2. The summed E-state index contributed by atoms with van der Waals surface area (Å²) in [6, 6.07) is 60.7. The highest BCUT2D eigenvalue weighted by molar-refractivity contribution is 7.22. The van der Waals surface area contributed by atoms with E-state index in [1.165, 1.54) is 58.6 Å². The van der Waals surface area contributed by atoms with E-state index in [0.717, 1.165) is 44.3 Å². The number of benzene rings is 8. The Morgan fingerprint density at radius 1 is 0.481 bits per heavy atom. The monoisotopic (exact) mass is 677 g/mol. The third-order valence-corrected chi connectivity index (χ3v) is 11.8. The Balaban J connectivity index is 1.26. The molecule has 3 heterocycles. The van der Waals surface area contributed by atoms with E-state index in [1.54, 1.807) is 0 Å². The standard InChI is InChI=1S/C48H27N3S/c49-28-29-22-24-41-38(26-29)39-27-30(23-25-42(39)51(41)31-12-2-1-3-13-31)44-32-14-4-6-16-34(32)45(35-17-7-5-15-33(35)44)48-46-36-18-8-10-20-40(36)50-47(46)37-19-9-11-21-43(37)52-48/h1-27H. The molecule has 2 aliphatic heterocycles. The highest BCUT2D eigenvalue weighted by Crippen LogP contribution is 2.52. The molecule has 3 nitrogen and oxygen atoms in total. The first-order valence-electron chi connectivity index (χ1n) is 17.4. The van der Waals surface area contributed by atoms with E-state index in [-0.39, 0.29) is 0 Å². The van der Waals surface area contributed by atoms with Gasteiger partial charge in [-0.05, 0) is 87.3 Å². The minimum Gasteiger partial charge on any atom is -0.309 e. The van der Waals surface area contributed by atoms with Gasteiger partial charge in [-0.15, -0.1) is 11.3 Å². The average Bonchev–Trinajstić information content (AvgIpc) is 3.76. The van der Waals surface area contributed by atoms with Gasteiger partial charge >= 0.3 is 0 Å². The molecule has 0 spiro atoms. The van der Waals surface area contributed by atoms with Gasteiger partial charge in [-0.2, -0.15) is 5.26 Å². The lowest BCUT2D eigenvalue weighted by molar-refractivity contribution is 1.18. The van der Waals surface area contributed by atoms with E-state index in [2.05, 4.69) is 156 Å². The molecular formula is C48H27N3S. The predicted molar refractivity (Wildman–Crippen MR) is 219 cm³/mol. The second kappa shape index (κ2) is 11.1. The van der Waals surface area contributed by atoms with E-state index in [1.807, 2.05) is 29.5 Å². The van der Waals surface area contributed by atoms with Crippen LogP contribution in [0.5, 0.6) is 0 Å². The summed E-state index contributed by atoms with van der Waals surface area (Å²) in [5.41, 5.74) is 10.8. The quantitative estimate of drug-likeness (QED) is 0.175. The summed E-state index contributed by atoms with van der Waals surface area (Å²) in [6.45, 7) is 0. The summed E-state index contributed by atoms with van der Waals surface area (Å²) in [6.07, 6.45) is 0. The Morgan fingerprint density at radius 3 is 1.77 bits per heavy atom. The van der Waals surface area contributed by atoms with Crippen LogP contribution in [0.2, 0.25) is 0 Å². The van der Waals surface area contributed by atoms with Crippen LogP contribution in [0.3, 0.4) is 0 Å². The van der Waals surface area contributed by atoms with Gasteiger partial charge in [0, 0.05) is 47.9 Å². The van der Waals surface area contributed by atoms with Crippen molar-refractivity contribution in [3.8, 4) is 44.6 Å². The lowest BCUT2D eigenvalue weighted by Crippen LogP contribution is -1.94. The topological polar surface area (TPSA) is 41.6 Å². The molecule has 11 rings (SSSR count). The second-order valence-electron chi connectivity index (χ2n) is 13.4. The summed E-state index contributed by atoms with van der Waals surface area (Å²) in [4.78, 5) is 6.47. The van der Waals surface area contributed by atoms with E-state index in [9.17, 15) is 5.26 Å². The van der Waals surface area contributed by atoms with Crippen molar-refractivity contribution in [1.82, 2.24) is 9.55 Å². The van der Waals surface area contributed by atoms with Gasteiger partial charge in [0.15, 0.2) is 0 Å². The Morgan fingerprint density at radius 2 is 1.06 bits per heavy atom. The first kappa shape index (κ1) is 29.0. The minimum atomic E-state index is 0.655. The van der Waals surface area contributed by atoms with Gasteiger partial charge in [0.2, 0.25) is 0 Å². The molecule has 9 aromatic rings. The van der Waals surface area contributed by atoms with Gasteiger partial charge in [0.1, 0.15) is 0 Å². The van der Waals surface area contributed by atoms with E-state index < -0.39 is 0 Å². The molecule has 240 valence electrons. The number of fused-ring (bicyclic) bond motifs is 10. The zero-order valence-electron chi connectivity index (χ0n) is 27.8. The van der Waals surface area contributed by atoms with Crippen LogP contribution < -0.4 is 0 Å². The lowest BCUT2D eigenvalue weighted by atomic mass is 9.86. The number of rotatable bonds is 3. The minimum absolute atomic E-state index is 0.655. The average molecular weight is 678 g/mol. The summed E-state index contributed by atoms with van der Waals surface area (Å²) >= 11 is 1.86. The Labute approximate surface area is 303 Å². The van der Waals surface area contributed by atoms with Crippen LogP contribution in [0.4, 0.5) is 0 Å². The number of aromatic nitrogens is 2. The Hall–Kier alpha value is -6.80. The molecule has 1 aromatic heterocycles. The fourth-order valence-electron chi connectivity index (χ4n) is 8.39. The van der Waals surface area contributed by atoms with E-state index in [0.29, 0.717) is 5.56 Å². The lowest BCUT2D eigenvalue weighted by Gasteiger charge is -2.20. The molecular weight excluding hydrogens is 651 g/mol. The molecule has 0 atom stereocenters. The number of hydrogen-bond donors (Lipinski definition) is 0. The fraction of sp³-hybridized carbons (Fsp3) is 0. The van der Waals surface area contributed by atoms with Crippen molar-refractivity contribution in [1.29, 1.82) is 5.26 Å². The molecule has 0 N–H and O–H groups in total. The third-order valence-electron chi connectivity index (χ3n) is 10.6. The van der Waals surface area contributed by atoms with Crippen LogP contribution in [0.25, 0.3) is 103 Å². The van der Waals surface area contributed by atoms with Crippen LogP contribution in [-0.2, 0) is 0 Å². The van der Waals surface area contributed by atoms with Crippen molar-refractivity contribution < 1.29 is 0 Å². The molecule has 0 unspecified atom stereocenters. The number of nitrogens with zero attached hydrogens (tertiary/aromatic N) is 3. The largest absolute Gasteiger partial charge is 0.309 e. The van der Waals surface area contributed by atoms with Gasteiger partial charge in [-0.3, -0.25) is 0 Å². The Kier molecular flexibility index (Phi) is 6.19. The van der Waals surface area contributed by atoms with Crippen LogP contribution in [0.1, 0.15) is 5.56 Å². The molecule has 0 amide bonds. The third kappa shape index (κ3) is 4.09. The zero-order valence-corrected chi connectivity index (χ0v) is 28.7. The molecule has 0 bridgehead atoms.